The Morgan fingerprint density at radius 3 is 2.50 bits per heavy atom. The monoisotopic (exact) mass is 463 g/mol. The highest BCUT2D eigenvalue weighted by molar-refractivity contribution is 9.10. The summed E-state index contributed by atoms with van der Waals surface area (Å²) in [5.41, 5.74) is 0.494. The van der Waals surface area contributed by atoms with Gasteiger partial charge in [0.05, 0.1) is 12.7 Å². The molecule has 1 N–H and O–H groups in total. The second-order valence-corrected chi connectivity index (χ2v) is 7.37. The Morgan fingerprint density at radius 2 is 1.82 bits per heavy atom. The zero-order chi connectivity index (χ0) is 20.3. The van der Waals surface area contributed by atoms with E-state index in [1.54, 1.807) is 0 Å². The Labute approximate surface area is 167 Å². The molecule has 1 aliphatic heterocycles. The third kappa shape index (κ3) is 5.22. The molecule has 1 heterocycles. The number of nitrogens with zero attached hydrogens (tertiary/aromatic N) is 1. The van der Waals surface area contributed by atoms with Crippen LogP contribution in [0.15, 0.2) is 34.8 Å². The highest BCUT2D eigenvalue weighted by Crippen LogP contribution is 2.27. The molecule has 3 rings (SSSR count). The second-order valence-electron chi connectivity index (χ2n) is 6.46. The lowest BCUT2D eigenvalue weighted by Crippen LogP contribution is -2.43. The summed E-state index contributed by atoms with van der Waals surface area (Å²) in [5.74, 6) is -4.18. The Bertz CT molecular complexity index is 816. The molecule has 2 aromatic carbocycles. The molecule has 0 aliphatic carbocycles. The molecule has 1 saturated heterocycles. The van der Waals surface area contributed by atoms with Crippen molar-refractivity contribution in [1.29, 1.82) is 0 Å². The predicted molar refractivity (Wildman–Crippen MR) is 97.1 cm³/mol. The van der Waals surface area contributed by atoms with E-state index in [2.05, 4.69) is 15.9 Å². The molecule has 0 aromatic heterocycles. The van der Waals surface area contributed by atoms with Gasteiger partial charge in [-0.05, 0) is 29.8 Å². The normalized spacial score (nSPS) is 18.9. The predicted octanol–water partition coefficient (Wildman–Crippen LogP) is 3.82. The SMILES string of the molecule is OC(COc1c(F)cc(Br)cc1F)CN1CCOC(c2ccc(F)c(F)c2)C1. The van der Waals surface area contributed by atoms with Gasteiger partial charge in [-0.2, -0.15) is 0 Å². The van der Waals surface area contributed by atoms with Crippen molar-refractivity contribution >= 4 is 15.9 Å². The van der Waals surface area contributed by atoms with Crippen molar-refractivity contribution in [2.75, 3.05) is 32.8 Å². The van der Waals surface area contributed by atoms with E-state index in [1.165, 1.54) is 6.07 Å². The average Bonchev–Trinajstić information content (AvgIpc) is 2.63. The third-order valence-electron chi connectivity index (χ3n) is 4.32. The molecule has 0 radical (unpaired) electrons. The fourth-order valence-electron chi connectivity index (χ4n) is 2.98. The maximum Gasteiger partial charge on any atom is 0.190 e. The number of hydrogen-bond donors (Lipinski definition) is 1. The van der Waals surface area contributed by atoms with Gasteiger partial charge in [-0.3, -0.25) is 4.90 Å². The van der Waals surface area contributed by atoms with E-state index in [4.69, 9.17) is 9.47 Å². The molecule has 2 aromatic rings. The van der Waals surface area contributed by atoms with Crippen LogP contribution in [0.4, 0.5) is 17.6 Å². The lowest BCUT2D eigenvalue weighted by atomic mass is 10.1. The minimum absolute atomic E-state index is 0.170. The first-order chi connectivity index (χ1) is 13.3. The smallest absolute Gasteiger partial charge is 0.190 e. The van der Waals surface area contributed by atoms with E-state index in [-0.39, 0.29) is 17.6 Å². The Hall–Kier alpha value is -1.68. The molecular weight excluding hydrogens is 446 g/mol. The van der Waals surface area contributed by atoms with Gasteiger partial charge in [0.2, 0.25) is 0 Å². The van der Waals surface area contributed by atoms with Crippen LogP contribution in [0.3, 0.4) is 0 Å². The largest absolute Gasteiger partial charge is 0.485 e. The molecule has 0 spiro atoms. The quantitative estimate of drug-likeness (QED) is 0.661. The van der Waals surface area contributed by atoms with Crippen LogP contribution in [0, 0.1) is 23.3 Å². The van der Waals surface area contributed by atoms with Crippen molar-refractivity contribution in [3.8, 4) is 5.75 Å². The molecule has 1 aliphatic rings. The number of ether oxygens (including phenoxy) is 2. The van der Waals surface area contributed by atoms with E-state index in [1.807, 2.05) is 4.90 Å². The second kappa shape index (κ2) is 9.21. The van der Waals surface area contributed by atoms with Gasteiger partial charge in [-0.15, -0.1) is 0 Å². The third-order valence-corrected chi connectivity index (χ3v) is 4.78. The minimum atomic E-state index is -1.01. The first-order valence-corrected chi connectivity index (χ1v) is 9.37. The first kappa shape index (κ1) is 21.0. The number of benzene rings is 2. The van der Waals surface area contributed by atoms with Crippen molar-refractivity contribution in [3.05, 3.63) is 63.6 Å². The van der Waals surface area contributed by atoms with Crippen LogP contribution in [0.25, 0.3) is 0 Å². The Balaban J connectivity index is 1.55. The van der Waals surface area contributed by atoms with Gasteiger partial charge in [0, 0.05) is 24.1 Å². The first-order valence-electron chi connectivity index (χ1n) is 8.58. The molecule has 1 fully saturated rings. The van der Waals surface area contributed by atoms with E-state index in [9.17, 15) is 22.7 Å². The van der Waals surface area contributed by atoms with Crippen LogP contribution < -0.4 is 4.74 Å². The fraction of sp³-hybridized carbons (Fsp3) is 0.368. The zero-order valence-corrected chi connectivity index (χ0v) is 16.3. The number of halogens is 5. The molecule has 4 nitrogen and oxygen atoms in total. The highest BCUT2D eigenvalue weighted by Gasteiger charge is 2.25. The van der Waals surface area contributed by atoms with Crippen LogP contribution in [0.2, 0.25) is 0 Å². The maximum absolute atomic E-state index is 13.8. The molecule has 0 amide bonds. The van der Waals surface area contributed by atoms with Crippen molar-refractivity contribution in [2.45, 2.75) is 12.2 Å². The van der Waals surface area contributed by atoms with E-state index < -0.39 is 41.2 Å². The van der Waals surface area contributed by atoms with Crippen molar-refractivity contribution in [2.24, 2.45) is 0 Å². The standard InChI is InChI=1S/C19H18BrF4NO3/c20-12-6-16(23)19(17(24)7-12)28-10-13(26)8-25-3-4-27-18(9-25)11-1-2-14(21)15(22)5-11/h1-2,5-7,13,18,26H,3-4,8-10H2. The summed E-state index contributed by atoms with van der Waals surface area (Å²) in [7, 11) is 0. The summed E-state index contributed by atoms with van der Waals surface area (Å²) in [4.78, 5) is 1.86. The van der Waals surface area contributed by atoms with Crippen LogP contribution in [-0.4, -0.2) is 49.0 Å². The number of aliphatic hydroxyl groups excluding tert-OH is 1. The number of aliphatic hydroxyl groups is 1. The van der Waals surface area contributed by atoms with Gasteiger partial charge < -0.3 is 14.6 Å². The summed E-state index contributed by atoms with van der Waals surface area (Å²) >= 11 is 2.98. The van der Waals surface area contributed by atoms with Gasteiger partial charge >= 0.3 is 0 Å². The maximum atomic E-state index is 13.8. The van der Waals surface area contributed by atoms with Gasteiger partial charge in [-0.25, -0.2) is 17.6 Å². The number of β-amino-alcohol motifs (C(OH)–C–C–N with tert-alkyl or cyclic N) is 1. The van der Waals surface area contributed by atoms with Crippen LogP contribution in [0.1, 0.15) is 11.7 Å². The molecule has 0 saturated carbocycles. The Morgan fingerprint density at radius 1 is 1.11 bits per heavy atom. The zero-order valence-electron chi connectivity index (χ0n) is 14.7. The molecule has 2 unspecified atom stereocenters. The molecular formula is C19H18BrF4NO3. The highest BCUT2D eigenvalue weighted by atomic mass is 79.9. The Kier molecular flexibility index (Phi) is 6.92. The molecule has 28 heavy (non-hydrogen) atoms. The summed E-state index contributed by atoms with van der Waals surface area (Å²) in [5, 5.41) is 10.2. The summed E-state index contributed by atoms with van der Waals surface area (Å²) < 4.78 is 65.0. The lowest BCUT2D eigenvalue weighted by Gasteiger charge is -2.34. The number of hydrogen-bond acceptors (Lipinski definition) is 4. The molecule has 152 valence electrons. The van der Waals surface area contributed by atoms with Crippen molar-refractivity contribution in [3.63, 3.8) is 0 Å². The minimum Gasteiger partial charge on any atom is -0.485 e. The topological polar surface area (TPSA) is 41.9 Å². The summed E-state index contributed by atoms with van der Waals surface area (Å²) in [6, 6.07) is 5.71. The van der Waals surface area contributed by atoms with Gasteiger partial charge in [0.1, 0.15) is 12.7 Å². The van der Waals surface area contributed by atoms with Crippen LogP contribution >= 0.6 is 15.9 Å². The van der Waals surface area contributed by atoms with E-state index in [0.717, 1.165) is 24.3 Å². The fourth-order valence-corrected chi connectivity index (χ4v) is 3.38. The number of rotatable bonds is 6. The summed E-state index contributed by atoms with van der Waals surface area (Å²) in [6.45, 7) is 1.07. The number of morpholine rings is 1. The van der Waals surface area contributed by atoms with Crippen LogP contribution in [-0.2, 0) is 4.74 Å². The van der Waals surface area contributed by atoms with Gasteiger partial charge in [0.25, 0.3) is 0 Å². The molecule has 2 atom stereocenters. The van der Waals surface area contributed by atoms with E-state index in [0.29, 0.717) is 25.3 Å². The average molecular weight is 464 g/mol. The summed E-state index contributed by atoms with van der Waals surface area (Å²) in [6.07, 6.45) is -1.48. The van der Waals surface area contributed by atoms with Crippen molar-refractivity contribution in [1.82, 2.24) is 4.90 Å². The van der Waals surface area contributed by atoms with E-state index >= 15 is 0 Å². The van der Waals surface area contributed by atoms with Gasteiger partial charge in [-0.1, -0.05) is 22.0 Å². The van der Waals surface area contributed by atoms with Gasteiger partial charge in [0.15, 0.2) is 29.0 Å². The molecule has 0 bridgehead atoms. The molecule has 9 heteroatoms. The van der Waals surface area contributed by atoms with Crippen molar-refractivity contribution < 1.29 is 32.1 Å². The lowest BCUT2D eigenvalue weighted by molar-refractivity contribution is -0.0462. The van der Waals surface area contributed by atoms with Crippen LogP contribution in [0.5, 0.6) is 5.75 Å².